The van der Waals surface area contributed by atoms with Crippen molar-refractivity contribution < 1.29 is 9.59 Å². The van der Waals surface area contributed by atoms with Gasteiger partial charge in [0.1, 0.15) is 0 Å². The van der Waals surface area contributed by atoms with Gasteiger partial charge in [0, 0.05) is 0 Å². The van der Waals surface area contributed by atoms with Crippen LogP contribution in [-0.2, 0) is 9.59 Å². The zero-order valence-corrected chi connectivity index (χ0v) is 7.75. The van der Waals surface area contributed by atoms with Gasteiger partial charge in [-0.2, -0.15) is 0 Å². The number of isocyanates is 2. The highest BCUT2D eigenvalue weighted by molar-refractivity contribution is 5.33. The molecule has 14 heavy (non-hydrogen) atoms. The molecule has 2 N–H and O–H groups in total. The van der Waals surface area contributed by atoms with Crippen molar-refractivity contribution in [2.45, 2.75) is 19.3 Å². The highest BCUT2D eigenvalue weighted by atomic mass is 16.1. The first kappa shape index (κ1) is 14.7. The molecule has 0 saturated carbocycles. The van der Waals surface area contributed by atoms with Crippen molar-refractivity contribution in [1.82, 2.24) is 0 Å². The minimum absolute atomic E-state index is 0.522. The lowest BCUT2D eigenvalue weighted by atomic mass is 10.2. The molecule has 0 amide bonds. The largest absolute Gasteiger partial charge is 0.242 e. The van der Waals surface area contributed by atoms with E-state index in [-0.39, 0.29) is 0 Å². The number of hydrogen-bond acceptors (Lipinski definition) is 6. The van der Waals surface area contributed by atoms with Crippen LogP contribution in [0.3, 0.4) is 0 Å². The number of carbonyl (C=O) groups excluding carboxylic acids is 2. The fourth-order valence-corrected chi connectivity index (χ4v) is 0.650. The van der Waals surface area contributed by atoms with E-state index in [2.05, 4.69) is 9.98 Å². The molecule has 0 bridgehead atoms. The minimum atomic E-state index is 0.522. The Balaban J connectivity index is 0. The highest BCUT2D eigenvalue weighted by Gasteiger charge is 1.85. The Morgan fingerprint density at radius 1 is 0.857 bits per heavy atom. The van der Waals surface area contributed by atoms with Gasteiger partial charge in [-0.3, -0.25) is 0 Å². The third-order valence-electron chi connectivity index (χ3n) is 1.17. The van der Waals surface area contributed by atoms with Gasteiger partial charge in [0.15, 0.2) is 0 Å². The molecule has 0 aromatic rings. The third kappa shape index (κ3) is 22.5. The standard InChI is InChI=1S/C7H10N2O2.CH2N2/c10-6-8-4-2-1-3-5-9-7-11;2-1-3/h1-5H2;2-3H. The number of nitrogens with zero attached hydrogens (tertiary/aromatic N) is 2. The van der Waals surface area contributed by atoms with Crippen molar-refractivity contribution >= 4 is 18.2 Å². The zero-order valence-electron chi connectivity index (χ0n) is 7.75. The summed E-state index contributed by atoms with van der Waals surface area (Å²) >= 11 is 0. The van der Waals surface area contributed by atoms with Gasteiger partial charge in [-0.1, -0.05) is 0 Å². The van der Waals surface area contributed by atoms with E-state index in [0.717, 1.165) is 19.3 Å². The summed E-state index contributed by atoms with van der Waals surface area (Å²) in [5, 5.41) is 11.2. The molecule has 0 saturated heterocycles. The van der Waals surface area contributed by atoms with Gasteiger partial charge in [-0.15, -0.1) is 0 Å². The Kier molecular flexibility index (Phi) is 18.1. The monoisotopic (exact) mass is 196 g/mol. The molecule has 0 radical (unpaired) electrons. The van der Waals surface area contributed by atoms with E-state index >= 15 is 0 Å². The topological polar surface area (TPSA) is 107 Å². The predicted octanol–water partition coefficient (Wildman–Crippen LogP) is 1.15. The third-order valence-corrected chi connectivity index (χ3v) is 1.17. The Hall–Kier alpha value is -1.86. The fourth-order valence-electron chi connectivity index (χ4n) is 0.650. The summed E-state index contributed by atoms with van der Waals surface area (Å²) in [6.07, 6.45) is 5.55. The summed E-state index contributed by atoms with van der Waals surface area (Å²) in [5.74, 6) is 0. The van der Waals surface area contributed by atoms with Gasteiger partial charge in [0.2, 0.25) is 12.2 Å². The molecular formula is C8H12N4O2. The van der Waals surface area contributed by atoms with Gasteiger partial charge in [-0.25, -0.2) is 30.4 Å². The van der Waals surface area contributed by atoms with E-state index in [1.807, 2.05) is 0 Å². The number of rotatable bonds is 6. The summed E-state index contributed by atoms with van der Waals surface area (Å²) in [5.41, 5.74) is 0. The number of aliphatic imine (C=N–C) groups is 2. The van der Waals surface area contributed by atoms with Gasteiger partial charge in [0.25, 0.3) is 0 Å². The van der Waals surface area contributed by atoms with E-state index < -0.39 is 0 Å². The second-order valence-electron chi connectivity index (χ2n) is 2.13. The minimum Gasteiger partial charge on any atom is -0.242 e. The SMILES string of the molecule is N=C=N.O=C=NCCCCCN=C=O. The summed E-state index contributed by atoms with van der Waals surface area (Å²) in [6.45, 7) is 1.04. The first-order valence-corrected chi connectivity index (χ1v) is 3.99. The van der Waals surface area contributed by atoms with Crippen LogP contribution in [0.15, 0.2) is 9.98 Å². The zero-order chi connectivity index (χ0) is 11.1. The quantitative estimate of drug-likeness (QED) is 0.377. The molecule has 0 rings (SSSR count). The van der Waals surface area contributed by atoms with Gasteiger partial charge in [-0.05, 0) is 19.3 Å². The summed E-state index contributed by atoms with van der Waals surface area (Å²) in [7, 11) is 0. The lowest BCUT2D eigenvalue weighted by Crippen LogP contribution is -1.84. The Morgan fingerprint density at radius 3 is 1.50 bits per heavy atom. The van der Waals surface area contributed by atoms with Crippen LogP contribution in [0.25, 0.3) is 0 Å². The van der Waals surface area contributed by atoms with Crippen molar-refractivity contribution in [1.29, 1.82) is 10.8 Å². The van der Waals surface area contributed by atoms with Crippen LogP contribution in [0.5, 0.6) is 0 Å². The van der Waals surface area contributed by atoms with Crippen molar-refractivity contribution in [3.63, 3.8) is 0 Å². The molecule has 0 aliphatic heterocycles. The molecule has 0 aromatic carbocycles. The normalized spacial score (nSPS) is 6.86. The van der Waals surface area contributed by atoms with Gasteiger partial charge < -0.3 is 0 Å². The summed E-state index contributed by atoms with van der Waals surface area (Å²) in [4.78, 5) is 25.9. The Labute approximate surface area is 81.8 Å². The molecule has 0 heterocycles. The molecule has 0 fully saturated rings. The molecule has 0 spiro atoms. The maximum Gasteiger partial charge on any atom is 0.234 e. The second kappa shape index (κ2) is 17.3. The number of hydrogen-bond donors (Lipinski definition) is 2. The summed E-state index contributed by atoms with van der Waals surface area (Å²) < 4.78 is 0. The van der Waals surface area contributed by atoms with Gasteiger partial charge >= 0.3 is 0 Å². The Bertz CT molecular complexity index is 226. The molecule has 0 aromatic heterocycles. The lowest BCUT2D eigenvalue weighted by Gasteiger charge is -1.90. The smallest absolute Gasteiger partial charge is 0.234 e. The lowest BCUT2D eigenvalue weighted by molar-refractivity contribution is 0.560. The maximum atomic E-state index is 9.58. The van der Waals surface area contributed by atoms with E-state index in [1.165, 1.54) is 18.2 Å². The molecular weight excluding hydrogens is 184 g/mol. The average Bonchev–Trinajstić information content (AvgIpc) is 2.18. The fraction of sp³-hybridized carbons (Fsp3) is 0.625. The first-order chi connectivity index (χ1) is 6.83. The Morgan fingerprint density at radius 2 is 1.21 bits per heavy atom. The van der Waals surface area contributed by atoms with Crippen LogP contribution < -0.4 is 0 Å². The van der Waals surface area contributed by atoms with E-state index in [9.17, 15) is 9.59 Å². The van der Waals surface area contributed by atoms with Crippen molar-refractivity contribution in [3.8, 4) is 0 Å². The average molecular weight is 196 g/mol. The molecule has 0 atom stereocenters. The van der Waals surface area contributed by atoms with Crippen molar-refractivity contribution in [2.75, 3.05) is 13.1 Å². The molecule has 76 valence electrons. The molecule has 0 unspecified atom stereocenters. The number of nitrogens with one attached hydrogen (secondary N) is 2. The molecule has 0 aliphatic rings. The second-order valence-corrected chi connectivity index (χ2v) is 2.13. The summed E-state index contributed by atoms with van der Waals surface area (Å²) in [6, 6.07) is 1.25. The van der Waals surface area contributed by atoms with Crippen LogP contribution >= 0.6 is 0 Å². The van der Waals surface area contributed by atoms with Crippen LogP contribution in [0.4, 0.5) is 0 Å². The molecule has 6 heteroatoms. The predicted molar refractivity (Wildman–Crippen MR) is 50.3 cm³/mol. The van der Waals surface area contributed by atoms with Crippen LogP contribution in [0.1, 0.15) is 19.3 Å². The van der Waals surface area contributed by atoms with Crippen molar-refractivity contribution in [3.05, 3.63) is 0 Å². The van der Waals surface area contributed by atoms with E-state index in [4.69, 9.17) is 10.8 Å². The van der Waals surface area contributed by atoms with Crippen LogP contribution in [0, 0.1) is 10.8 Å². The van der Waals surface area contributed by atoms with Crippen LogP contribution in [-0.4, -0.2) is 31.3 Å². The van der Waals surface area contributed by atoms with E-state index in [1.54, 1.807) is 0 Å². The highest BCUT2D eigenvalue weighted by Crippen LogP contribution is 1.94. The maximum absolute atomic E-state index is 9.58. The van der Waals surface area contributed by atoms with Gasteiger partial charge in [0.05, 0.1) is 19.1 Å². The first-order valence-electron chi connectivity index (χ1n) is 3.99. The molecule has 0 aliphatic carbocycles. The number of unbranched alkanes of at least 4 members (excludes halogenated alkanes) is 2. The van der Waals surface area contributed by atoms with Crippen molar-refractivity contribution in [2.24, 2.45) is 9.98 Å². The molecule has 6 nitrogen and oxygen atoms in total. The van der Waals surface area contributed by atoms with E-state index in [0.29, 0.717) is 13.1 Å². The van der Waals surface area contributed by atoms with Crippen LogP contribution in [0.2, 0.25) is 0 Å².